The van der Waals surface area contributed by atoms with Crippen LogP contribution in [-0.4, -0.2) is 39.4 Å². The van der Waals surface area contributed by atoms with Crippen molar-refractivity contribution in [3.8, 4) is 11.4 Å². The smallest absolute Gasteiger partial charge is 0.240 e. The van der Waals surface area contributed by atoms with Gasteiger partial charge in [-0.1, -0.05) is 23.8 Å². The van der Waals surface area contributed by atoms with Crippen molar-refractivity contribution in [3.05, 3.63) is 34.6 Å². The van der Waals surface area contributed by atoms with E-state index < -0.39 is 0 Å². The van der Waals surface area contributed by atoms with Gasteiger partial charge < -0.3 is 10.1 Å². The summed E-state index contributed by atoms with van der Waals surface area (Å²) in [6.07, 6.45) is 4.53. The molecule has 1 aromatic heterocycles. The molecule has 1 aliphatic rings. The maximum absolute atomic E-state index is 12.5. The largest absolute Gasteiger partial charge is 0.378 e. The lowest BCUT2D eigenvalue weighted by Gasteiger charge is -2.17. The molecule has 7 heteroatoms. The molecule has 0 spiro atoms. The first kappa shape index (κ1) is 18.8. The number of aromatic amines is 1. The predicted octanol–water partition coefficient (Wildman–Crippen LogP) is 3.38. The van der Waals surface area contributed by atoms with Gasteiger partial charge in [0.1, 0.15) is 6.54 Å². The zero-order valence-electron chi connectivity index (χ0n) is 15.3. The van der Waals surface area contributed by atoms with Crippen molar-refractivity contribution < 1.29 is 9.53 Å². The first-order valence-electron chi connectivity index (χ1n) is 9.16. The van der Waals surface area contributed by atoms with Crippen LogP contribution in [0.2, 0.25) is 0 Å². The molecule has 140 valence electrons. The standard InChI is InChI=1S/C19H26N4O2S/c1-13-5-3-6-15(11-13)18-21-22-19(26)23(18)12-17(24)20-14(2)8-9-16-7-4-10-25-16/h3,5-6,11,14,16H,4,7-10,12H2,1-2H3,(H,20,24)(H,22,26). The summed E-state index contributed by atoms with van der Waals surface area (Å²) in [4.78, 5) is 12.5. The summed E-state index contributed by atoms with van der Waals surface area (Å²) >= 11 is 5.31. The van der Waals surface area contributed by atoms with Gasteiger partial charge in [0, 0.05) is 18.2 Å². The average molecular weight is 375 g/mol. The Morgan fingerprint density at radius 2 is 2.38 bits per heavy atom. The van der Waals surface area contributed by atoms with Gasteiger partial charge in [-0.15, -0.1) is 0 Å². The first-order chi connectivity index (χ1) is 12.5. The predicted molar refractivity (Wildman–Crippen MR) is 103 cm³/mol. The molecule has 1 fully saturated rings. The van der Waals surface area contributed by atoms with Gasteiger partial charge in [0.25, 0.3) is 0 Å². The van der Waals surface area contributed by atoms with Gasteiger partial charge in [-0.25, -0.2) is 0 Å². The van der Waals surface area contributed by atoms with Crippen LogP contribution in [-0.2, 0) is 16.1 Å². The average Bonchev–Trinajstić information content (AvgIpc) is 3.24. The van der Waals surface area contributed by atoms with Crippen LogP contribution in [0.15, 0.2) is 24.3 Å². The second-order valence-electron chi connectivity index (χ2n) is 6.99. The van der Waals surface area contributed by atoms with E-state index in [1.54, 1.807) is 4.57 Å². The third-order valence-electron chi connectivity index (χ3n) is 4.69. The minimum atomic E-state index is -0.0590. The lowest BCUT2D eigenvalue weighted by molar-refractivity contribution is -0.122. The highest BCUT2D eigenvalue weighted by molar-refractivity contribution is 7.71. The van der Waals surface area contributed by atoms with Gasteiger partial charge in [-0.3, -0.25) is 14.5 Å². The minimum Gasteiger partial charge on any atom is -0.378 e. The van der Waals surface area contributed by atoms with Gasteiger partial charge >= 0.3 is 0 Å². The molecule has 2 aromatic rings. The van der Waals surface area contributed by atoms with Crippen molar-refractivity contribution >= 4 is 18.1 Å². The number of carbonyl (C=O) groups is 1. The number of ether oxygens (including phenoxy) is 1. The highest BCUT2D eigenvalue weighted by atomic mass is 32.1. The summed E-state index contributed by atoms with van der Waals surface area (Å²) in [5, 5.41) is 10.1. The molecule has 1 aromatic carbocycles. The molecule has 2 unspecified atom stereocenters. The number of H-pyrrole nitrogens is 1. The summed E-state index contributed by atoms with van der Waals surface area (Å²) in [5.41, 5.74) is 2.08. The van der Waals surface area contributed by atoms with Crippen molar-refractivity contribution in [2.75, 3.05) is 6.61 Å². The summed E-state index contributed by atoms with van der Waals surface area (Å²) in [5.74, 6) is 0.622. The Hall–Kier alpha value is -1.99. The number of carbonyl (C=O) groups excluding carboxylic acids is 1. The Morgan fingerprint density at radius 1 is 1.54 bits per heavy atom. The molecule has 2 N–H and O–H groups in total. The van der Waals surface area contributed by atoms with Gasteiger partial charge in [0.2, 0.25) is 5.91 Å². The second kappa shape index (κ2) is 8.60. The summed E-state index contributed by atoms with van der Waals surface area (Å²) in [6.45, 7) is 5.08. The van der Waals surface area contributed by atoms with E-state index in [0.717, 1.165) is 43.4 Å². The van der Waals surface area contributed by atoms with Gasteiger partial charge in [0.05, 0.1) is 6.10 Å². The molecule has 0 radical (unpaired) electrons. The SMILES string of the molecule is Cc1cccc(-c2n[nH]c(=S)n2CC(=O)NC(C)CCC2CCCO2)c1. The van der Waals surface area contributed by atoms with Crippen molar-refractivity contribution in [2.45, 2.75) is 58.2 Å². The summed E-state index contributed by atoms with van der Waals surface area (Å²) in [7, 11) is 0. The van der Waals surface area contributed by atoms with Crippen LogP contribution in [0.3, 0.4) is 0 Å². The monoisotopic (exact) mass is 374 g/mol. The molecular formula is C19H26N4O2S. The number of hydrogen-bond acceptors (Lipinski definition) is 4. The van der Waals surface area contributed by atoms with E-state index in [9.17, 15) is 4.79 Å². The third-order valence-corrected chi connectivity index (χ3v) is 5.00. The number of nitrogens with zero attached hydrogens (tertiary/aromatic N) is 2. The van der Waals surface area contributed by atoms with E-state index in [-0.39, 0.29) is 18.5 Å². The maximum Gasteiger partial charge on any atom is 0.240 e. The van der Waals surface area contributed by atoms with E-state index in [0.29, 0.717) is 16.7 Å². The molecule has 6 nitrogen and oxygen atoms in total. The summed E-state index contributed by atoms with van der Waals surface area (Å²) in [6, 6.07) is 8.10. The molecule has 1 amide bonds. The van der Waals surface area contributed by atoms with Crippen molar-refractivity contribution in [3.63, 3.8) is 0 Å². The number of hydrogen-bond donors (Lipinski definition) is 2. The fourth-order valence-electron chi connectivity index (χ4n) is 3.31. The molecule has 0 bridgehead atoms. The van der Waals surface area contributed by atoms with Crippen LogP contribution >= 0.6 is 12.2 Å². The zero-order chi connectivity index (χ0) is 18.5. The Bertz CT molecular complexity index is 808. The number of rotatable bonds is 7. The third kappa shape index (κ3) is 4.80. The van der Waals surface area contributed by atoms with E-state index >= 15 is 0 Å². The fraction of sp³-hybridized carbons (Fsp3) is 0.526. The maximum atomic E-state index is 12.5. The van der Waals surface area contributed by atoms with Crippen LogP contribution in [0.25, 0.3) is 11.4 Å². The van der Waals surface area contributed by atoms with E-state index in [1.165, 1.54) is 0 Å². The van der Waals surface area contributed by atoms with Crippen LogP contribution in [0.4, 0.5) is 0 Å². The first-order valence-corrected chi connectivity index (χ1v) is 9.57. The van der Waals surface area contributed by atoms with Crippen molar-refractivity contribution in [2.24, 2.45) is 0 Å². The molecule has 2 heterocycles. The Kier molecular flexibility index (Phi) is 6.21. The lowest BCUT2D eigenvalue weighted by Crippen LogP contribution is -2.35. The molecule has 1 aliphatic heterocycles. The van der Waals surface area contributed by atoms with Gasteiger partial charge in [-0.05, 0) is 57.8 Å². The van der Waals surface area contributed by atoms with E-state index in [2.05, 4.69) is 15.5 Å². The van der Waals surface area contributed by atoms with Crippen molar-refractivity contribution in [1.29, 1.82) is 0 Å². The van der Waals surface area contributed by atoms with Crippen LogP contribution in [0.5, 0.6) is 0 Å². The molecule has 2 atom stereocenters. The highest BCUT2D eigenvalue weighted by Gasteiger charge is 2.18. The fourth-order valence-corrected chi connectivity index (χ4v) is 3.51. The Balaban J connectivity index is 1.60. The minimum absolute atomic E-state index is 0.0590. The lowest BCUT2D eigenvalue weighted by atomic mass is 10.1. The Morgan fingerprint density at radius 3 is 3.12 bits per heavy atom. The zero-order valence-corrected chi connectivity index (χ0v) is 16.1. The van der Waals surface area contributed by atoms with Gasteiger partial charge in [0.15, 0.2) is 10.6 Å². The molecule has 26 heavy (non-hydrogen) atoms. The second-order valence-corrected chi connectivity index (χ2v) is 7.38. The van der Waals surface area contributed by atoms with Crippen molar-refractivity contribution in [1.82, 2.24) is 20.1 Å². The summed E-state index contributed by atoms with van der Waals surface area (Å²) < 4.78 is 7.83. The number of benzene rings is 1. The van der Waals surface area contributed by atoms with Gasteiger partial charge in [-0.2, -0.15) is 5.10 Å². The number of aromatic nitrogens is 3. The van der Waals surface area contributed by atoms with E-state index in [4.69, 9.17) is 17.0 Å². The molecule has 1 saturated heterocycles. The molecular weight excluding hydrogens is 348 g/mol. The Labute approximate surface area is 159 Å². The normalized spacial score (nSPS) is 18.0. The number of nitrogens with one attached hydrogen (secondary N) is 2. The quantitative estimate of drug-likeness (QED) is 0.729. The molecule has 3 rings (SSSR count). The topological polar surface area (TPSA) is 71.9 Å². The number of amides is 1. The van der Waals surface area contributed by atoms with E-state index in [1.807, 2.05) is 38.1 Å². The molecule has 0 aliphatic carbocycles. The van der Waals surface area contributed by atoms with Crippen LogP contribution in [0.1, 0.15) is 38.2 Å². The van der Waals surface area contributed by atoms with Crippen LogP contribution in [0, 0.1) is 11.7 Å². The highest BCUT2D eigenvalue weighted by Crippen LogP contribution is 2.19. The molecule has 0 saturated carbocycles. The van der Waals surface area contributed by atoms with Crippen LogP contribution < -0.4 is 5.32 Å². The number of aryl methyl sites for hydroxylation is 1.